The molecule has 1 aliphatic rings. The zero-order chi connectivity index (χ0) is 11.5. The molecule has 2 heterocycles. The SMILES string of the molecule is CNC(c1cc(Cl)cnc1N)C1CCCS1. The Balaban J connectivity index is 2.28. The molecule has 0 saturated carbocycles. The van der Waals surface area contributed by atoms with E-state index in [1.165, 1.54) is 18.6 Å². The van der Waals surface area contributed by atoms with Gasteiger partial charge in [0, 0.05) is 23.1 Å². The number of hydrogen-bond acceptors (Lipinski definition) is 4. The van der Waals surface area contributed by atoms with Crippen molar-refractivity contribution in [2.24, 2.45) is 0 Å². The molecule has 1 saturated heterocycles. The topological polar surface area (TPSA) is 50.9 Å². The lowest BCUT2D eigenvalue weighted by Gasteiger charge is -2.23. The molecule has 5 heteroatoms. The summed E-state index contributed by atoms with van der Waals surface area (Å²) in [4.78, 5) is 4.12. The smallest absolute Gasteiger partial charge is 0.128 e. The molecule has 1 aromatic rings. The van der Waals surface area contributed by atoms with Gasteiger partial charge in [0.05, 0.1) is 5.02 Å². The number of nitrogens with zero attached hydrogens (tertiary/aromatic N) is 1. The van der Waals surface area contributed by atoms with E-state index in [2.05, 4.69) is 10.3 Å². The minimum Gasteiger partial charge on any atom is -0.383 e. The summed E-state index contributed by atoms with van der Waals surface area (Å²) < 4.78 is 0. The Morgan fingerprint density at radius 3 is 3.12 bits per heavy atom. The maximum absolute atomic E-state index is 5.97. The number of anilines is 1. The van der Waals surface area contributed by atoms with Crippen LogP contribution >= 0.6 is 23.4 Å². The van der Waals surface area contributed by atoms with Crippen LogP contribution in [-0.4, -0.2) is 23.0 Å². The Morgan fingerprint density at radius 2 is 2.50 bits per heavy atom. The Labute approximate surface area is 105 Å². The molecule has 2 rings (SSSR count). The van der Waals surface area contributed by atoms with Gasteiger partial charge < -0.3 is 11.1 Å². The monoisotopic (exact) mass is 257 g/mol. The summed E-state index contributed by atoms with van der Waals surface area (Å²) in [6.45, 7) is 0. The quantitative estimate of drug-likeness (QED) is 0.874. The third-order valence-electron chi connectivity index (χ3n) is 2.90. The van der Waals surface area contributed by atoms with Crippen LogP contribution in [0.1, 0.15) is 24.4 Å². The highest BCUT2D eigenvalue weighted by Gasteiger charge is 2.27. The summed E-state index contributed by atoms with van der Waals surface area (Å²) in [6.07, 6.45) is 4.10. The van der Waals surface area contributed by atoms with E-state index in [1.807, 2.05) is 24.9 Å². The number of thioether (sulfide) groups is 1. The normalized spacial score (nSPS) is 22.2. The molecule has 1 aromatic heterocycles. The summed E-state index contributed by atoms with van der Waals surface area (Å²) in [5.41, 5.74) is 6.94. The molecule has 0 amide bonds. The molecule has 1 aliphatic heterocycles. The van der Waals surface area contributed by atoms with Crippen LogP contribution in [0.4, 0.5) is 5.82 Å². The highest BCUT2D eigenvalue weighted by molar-refractivity contribution is 8.00. The largest absolute Gasteiger partial charge is 0.383 e. The van der Waals surface area contributed by atoms with E-state index in [4.69, 9.17) is 17.3 Å². The zero-order valence-corrected chi connectivity index (χ0v) is 10.8. The third-order valence-corrected chi connectivity index (χ3v) is 4.57. The third kappa shape index (κ3) is 2.44. The lowest BCUT2D eigenvalue weighted by Crippen LogP contribution is -2.26. The molecule has 3 nitrogen and oxygen atoms in total. The van der Waals surface area contributed by atoms with Gasteiger partial charge in [-0.25, -0.2) is 4.98 Å². The van der Waals surface area contributed by atoms with Crippen LogP contribution in [0.3, 0.4) is 0 Å². The van der Waals surface area contributed by atoms with E-state index in [0.29, 0.717) is 16.1 Å². The van der Waals surface area contributed by atoms with E-state index >= 15 is 0 Å². The molecule has 0 aromatic carbocycles. The molecule has 0 radical (unpaired) electrons. The van der Waals surface area contributed by atoms with Crippen molar-refractivity contribution in [3.8, 4) is 0 Å². The summed E-state index contributed by atoms with van der Waals surface area (Å²) in [5.74, 6) is 1.81. The number of nitrogens with one attached hydrogen (secondary N) is 1. The number of nitrogens with two attached hydrogens (primary N) is 1. The second-order valence-electron chi connectivity index (χ2n) is 3.95. The van der Waals surface area contributed by atoms with E-state index in [1.54, 1.807) is 6.20 Å². The first kappa shape index (κ1) is 12.0. The number of rotatable bonds is 3. The van der Waals surface area contributed by atoms with Crippen molar-refractivity contribution in [3.63, 3.8) is 0 Å². The number of halogens is 1. The maximum Gasteiger partial charge on any atom is 0.128 e. The first-order valence-corrected chi connectivity index (χ1v) is 6.85. The number of nitrogen functional groups attached to an aromatic ring is 1. The lowest BCUT2D eigenvalue weighted by molar-refractivity contribution is 0.552. The highest BCUT2D eigenvalue weighted by Crippen LogP contribution is 2.37. The van der Waals surface area contributed by atoms with Crippen LogP contribution in [0.15, 0.2) is 12.3 Å². The average molecular weight is 258 g/mol. The predicted molar refractivity (Wildman–Crippen MR) is 70.9 cm³/mol. The molecule has 0 spiro atoms. The molecule has 16 heavy (non-hydrogen) atoms. The van der Waals surface area contributed by atoms with Gasteiger partial charge in [0.2, 0.25) is 0 Å². The van der Waals surface area contributed by atoms with Crippen molar-refractivity contribution in [3.05, 3.63) is 22.8 Å². The average Bonchev–Trinajstić information content (AvgIpc) is 2.78. The van der Waals surface area contributed by atoms with E-state index in [-0.39, 0.29) is 6.04 Å². The van der Waals surface area contributed by atoms with Gasteiger partial charge in [-0.15, -0.1) is 0 Å². The minimum absolute atomic E-state index is 0.249. The first-order chi connectivity index (χ1) is 7.72. The standard InChI is InChI=1S/C11H16ClN3S/c1-14-10(9-3-2-4-16-9)8-5-7(12)6-15-11(8)13/h5-6,9-10,14H,2-4H2,1H3,(H2,13,15). The van der Waals surface area contributed by atoms with Gasteiger partial charge >= 0.3 is 0 Å². The van der Waals surface area contributed by atoms with Crippen molar-refractivity contribution in [1.82, 2.24) is 10.3 Å². The van der Waals surface area contributed by atoms with Gasteiger partial charge in [0.15, 0.2) is 0 Å². The minimum atomic E-state index is 0.249. The fourth-order valence-electron chi connectivity index (χ4n) is 2.12. The van der Waals surface area contributed by atoms with Crippen molar-refractivity contribution in [2.45, 2.75) is 24.1 Å². The molecule has 1 fully saturated rings. The van der Waals surface area contributed by atoms with Gasteiger partial charge in [-0.2, -0.15) is 11.8 Å². The Kier molecular flexibility index (Phi) is 3.95. The van der Waals surface area contributed by atoms with E-state index in [9.17, 15) is 0 Å². The lowest BCUT2D eigenvalue weighted by atomic mass is 10.0. The molecular formula is C11H16ClN3S. The van der Waals surface area contributed by atoms with Crippen molar-refractivity contribution in [2.75, 3.05) is 18.5 Å². The summed E-state index contributed by atoms with van der Waals surface area (Å²) >= 11 is 7.97. The van der Waals surface area contributed by atoms with E-state index in [0.717, 1.165) is 5.56 Å². The van der Waals surface area contributed by atoms with Crippen LogP contribution in [0.25, 0.3) is 0 Å². The number of hydrogen-bond donors (Lipinski definition) is 2. The second kappa shape index (κ2) is 5.25. The summed E-state index contributed by atoms with van der Waals surface area (Å²) in [7, 11) is 1.96. The number of pyridine rings is 1. The first-order valence-electron chi connectivity index (χ1n) is 5.42. The fourth-order valence-corrected chi connectivity index (χ4v) is 3.73. The van der Waals surface area contributed by atoms with Crippen LogP contribution in [0, 0.1) is 0 Å². The molecule has 3 N–H and O–H groups in total. The maximum atomic E-state index is 5.97. The zero-order valence-electron chi connectivity index (χ0n) is 9.24. The van der Waals surface area contributed by atoms with Crippen LogP contribution in [-0.2, 0) is 0 Å². The van der Waals surface area contributed by atoms with Crippen molar-refractivity contribution in [1.29, 1.82) is 0 Å². The summed E-state index contributed by atoms with van der Waals surface area (Å²) in [5, 5.41) is 4.55. The molecule has 0 aliphatic carbocycles. The van der Waals surface area contributed by atoms with Crippen molar-refractivity contribution >= 4 is 29.2 Å². The van der Waals surface area contributed by atoms with Gasteiger partial charge in [0.1, 0.15) is 5.82 Å². The van der Waals surface area contributed by atoms with Gasteiger partial charge in [0.25, 0.3) is 0 Å². The van der Waals surface area contributed by atoms with Crippen LogP contribution in [0.2, 0.25) is 5.02 Å². The number of aromatic nitrogens is 1. The molecule has 88 valence electrons. The molecule has 0 bridgehead atoms. The van der Waals surface area contributed by atoms with Gasteiger partial charge in [-0.05, 0) is 31.7 Å². The Bertz CT molecular complexity index is 366. The Morgan fingerprint density at radius 1 is 1.69 bits per heavy atom. The fraction of sp³-hybridized carbons (Fsp3) is 0.545. The summed E-state index contributed by atoms with van der Waals surface area (Å²) in [6, 6.07) is 2.17. The van der Waals surface area contributed by atoms with Gasteiger partial charge in [-0.3, -0.25) is 0 Å². The Hall–Kier alpha value is -0.450. The van der Waals surface area contributed by atoms with Crippen LogP contribution < -0.4 is 11.1 Å². The second-order valence-corrected chi connectivity index (χ2v) is 5.73. The molecular weight excluding hydrogens is 242 g/mol. The van der Waals surface area contributed by atoms with E-state index < -0.39 is 0 Å². The van der Waals surface area contributed by atoms with Crippen LogP contribution in [0.5, 0.6) is 0 Å². The van der Waals surface area contributed by atoms with Gasteiger partial charge in [-0.1, -0.05) is 11.6 Å². The van der Waals surface area contributed by atoms with Crippen molar-refractivity contribution < 1.29 is 0 Å². The molecule has 2 unspecified atom stereocenters. The highest BCUT2D eigenvalue weighted by atomic mass is 35.5. The molecule has 2 atom stereocenters. The predicted octanol–water partition coefficient (Wildman–Crippen LogP) is 2.47.